The second kappa shape index (κ2) is 8.93. The van der Waals surface area contributed by atoms with Gasteiger partial charge in [0.15, 0.2) is 21.7 Å². The lowest BCUT2D eigenvalue weighted by Crippen LogP contribution is -2.50. The number of thiocarbonyl (C=S) groups is 2. The van der Waals surface area contributed by atoms with Gasteiger partial charge >= 0.3 is 0 Å². The molecule has 0 aromatic heterocycles. The molecule has 1 fully saturated rings. The second-order valence-corrected chi connectivity index (χ2v) is 7.62. The Morgan fingerprint density at radius 2 is 1.85 bits per heavy atom. The van der Waals surface area contributed by atoms with Crippen LogP contribution in [0.15, 0.2) is 12.1 Å². The molecule has 1 heterocycles. The Morgan fingerprint density at radius 3 is 2.48 bits per heavy atom. The highest BCUT2D eigenvalue weighted by Gasteiger charge is 2.31. The minimum Gasteiger partial charge on any atom is -0.493 e. The molecule has 3 N–H and O–H groups in total. The zero-order valence-electron chi connectivity index (χ0n) is 16.1. The number of methoxy groups -OCH3 is 2. The van der Waals surface area contributed by atoms with Crippen LogP contribution in [0.5, 0.6) is 11.5 Å². The predicted molar refractivity (Wildman–Crippen MR) is 116 cm³/mol. The Hall–Kier alpha value is -1.80. The third kappa shape index (κ3) is 4.73. The first kappa shape index (κ1) is 19.9. The van der Waals surface area contributed by atoms with Crippen LogP contribution in [0.3, 0.4) is 0 Å². The number of fused-ring (bicyclic) bond motifs is 1. The Labute approximate surface area is 172 Å². The highest BCUT2D eigenvalue weighted by atomic mass is 32.1. The average molecular weight is 409 g/mol. The summed E-state index contributed by atoms with van der Waals surface area (Å²) in [7, 11) is 3.33. The van der Waals surface area contributed by atoms with Crippen molar-refractivity contribution in [2.24, 2.45) is 0 Å². The first-order valence-corrected chi connectivity index (χ1v) is 10.2. The first-order valence-electron chi connectivity index (χ1n) is 9.41. The number of hydrogen-bond acceptors (Lipinski definition) is 4. The molecule has 0 amide bonds. The summed E-state index contributed by atoms with van der Waals surface area (Å²) < 4.78 is 11.0. The van der Waals surface area contributed by atoms with Crippen molar-refractivity contribution < 1.29 is 9.47 Å². The molecule has 1 aliphatic carbocycles. The third-order valence-corrected chi connectivity index (χ3v) is 5.60. The van der Waals surface area contributed by atoms with Gasteiger partial charge in [0.05, 0.1) is 20.3 Å². The first-order chi connectivity index (χ1) is 13.1. The van der Waals surface area contributed by atoms with Gasteiger partial charge in [0.1, 0.15) is 0 Å². The van der Waals surface area contributed by atoms with Crippen molar-refractivity contribution in [1.82, 2.24) is 20.9 Å². The number of ether oxygens (including phenoxy) is 2. The molecule has 0 bridgehead atoms. The summed E-state index contributed by atoms with van der Waals surface area (Å²) in [5, 5.41) is 11.5. The van der Waals surface area contributed by atoms with Crippen LogP contribution >= 0.6 is 24.4 Å². The van der Waals surface area contributed by atoms with Crippen molar-refractivity contribution in [3.8, 4) is 11.5 Å². The summed E-state index contributed by atoms with van der Waals surface area (Å²) >= 11 is 11.1. The molecule has 0 radical (unpaired) electrons. The van der Waals surface area contributed by atoms with Crippen LogP contribution in [-0.4, -0.2) is 55.0 Å². The zero-order chi connectivity index (χ0) is 19.4. The molecule has 0 saturated heterocycles. The van der Waals surface area contributed by atoms with Crippen LogP contribution < -0.4 is 25.4 Å². The van der Waals surface area contributed by atoms with Crippen LogP contribution in [0.25, 0.3) is 0 Å². The molecular formula is C19H28N4O2S2. The van der Waals surface area contributed by atoms with Gasteiger partial charge in [-0.3, -0.25) is 0 Å². The van der Waals surface area contributed by atoms with Gasteiger partial charge in [-0.15, -0.1) is 0 Å². The summed E-state index contributed by atoms with van der Waals surface area (Å²) in [5.74, 6) is 1.49. The fourth-order valence-corrected chi connectivity index (χ4v) is 4.01. The third-order valence-electron chi connectivity index (χ3n) is 4.96. The molecule has 1 aromatic carbocycles. The van der Waals surface area contributed by atoms with E-state index in [2.05, 4.69) is 39.9 Å². The summed E-state index contributed by atoms with van der Waals surface area (Å²) in [5.41, 5.74) is 2.46. The van der Waals surface area contributed by atoms with Crippen molar-refractivity contribution >= 4 is 34.7 Å². The molecule has 27 heavy (non-hydrogen) atoms. The Balaban J connectivity index is 1.85. The monoisotopic (exact) mass is 408 g/mol. The van der Waals surface area contributed by atoms with Gasteiger partial charge < -0.3 is 30.3 Å². The molecule has 8 heteroatoms. The maximum Gasteiger partial charge on any atom is 0.169 e. The lowest BCUT2D eigenvalue weighted by molar-refractivity contribution is 0.290. The molecule has 0 unspecified atom stereocenters. The smallest absolute Gasteiger partial charge is 0.169 e. The van der Waals surface area contributed by atoms with Gasteiger partial charge in [-0.2, -0.15) is 0 Å². The number of rotatable bonds is 6. The molecule has 148 valence electrons. The standard InChI is InChI=1S/C19H28N4O2S2/c1-4-20-19(27)23-8-7-12-9-16(24-2)17(25-3)10-14(12)15(23)11-21-18(26)22-13-5-6-13/h9-10,13,15H,4-8,11H2,1-3H3,(H,20,27)(H2,21,22,26)/t15-/m1/s1. The molecular weight excluding hydrogens is 380 g/mol. The average Bonchev–Trinajstić information content (AvgIpc) is 3.48. The summed E-state index contributed by atoms with van der Waals surface area (Å²) in [6.45, 7) is 4.38. The molecule has 3 rings (SSSR count). The van der Waals surface area contributed by atoms with Gasteiger partial charge in [-0.05, 0) is 73.9 Å². The van der Waals surface area contributed by atoms with E-state index in [0.717, 1.165) is 36.1 Å². The minimum absolute atomic E-state index is 0.0686. The van der Waals surface area contributed by atoms with Crippen molar-refractivity contribution in [1.29, 1.82) is 0 Å². The highest BCUT2D eigenvalue weighted by molar-refractivity contribution is 7.80. The Kier molecular flexibility index (Phi) is 6.59. The van der Waals surface area contributed by atoms with Gasteiger partial charge in [-0.25, -0.2) is 0 Å². The van der Waals surface area contributed by atoms with E-state index in [1.807, 2.05) is 0 Å². The van der Waals surface area contributed by atoms with Crippen molar-refractivity contribution in [3.05, 3.63) is 23.3 Å². The number of benzene rings is 1. The molecule has 6 nitrogen and oxygen atoms in total. The maximum absolute atomic E-state index is 5.63. The summed E-state index contributed by atoms with van der Waals surface area (Å²) in [4.78, 5) is 2.24. The van der Waals surface area contributed by atoms with E-state index in [-0.39, 0.29) is 6.04 Å². The van der Waals surface area contributed by atoms with E-state index in [1.165, 1.54) is 24.0 Å². The van der Waals surface area contributed by atoms with Gasteiger partial charge in [-0.1, -0.05) is 0 Å². The number of nitrogens with one attached hydrogen (secondary N) is 3. The van der Waals surface area contributed by atoms with Crippen LogP contribution in [0, 0.1) is 0 Å². The van der Waals surface area contributed by atoms with Gasteiger partial charge in [0.2, 0.25) is 0 Å². The second-order valence-electron chi connectivity index (χ2n) is 6.83. The summed E-state index contributed by atoms with van der Waals surface area (Å²) in [6, 6.07) is 4.75. The Bertz CT molecular complexity index is 709. The molecule has 0 spiro atoms. The maximum atomic E-state index is 5.63. The van der Waals surface area contributed by atoms with E-state index in [1.54, 1.807) is 14.2 Å². The quantitative estimate of drug-likeness (QED) is 0.619. The zero-order valence-corrected chi connectivity index (χ0v) is 17.8. The largest absolute Gasteiger partial charge is 0.493 e. The minimum atomic E-state index is 0.0686. The van der Waals surface area contributed by atoms with E-state index in [0.29, 0.717) is 17.7 Å². The van der Waals surface area contributed by atoms with Crippen molar-refractivity contribution in [3.63, 3.8) is 0 Å². The molecule has 1 aliphatic heterocycles. The van der Waals surface area contributed by atoms with Crippen LogP contribution in [-0.2, 0) is 6.42 Å². The lowest BCUT2D eigenvalue weighted by Gasteiger charge is -2.39. The SMILES string of the molecule is CCNC(=S)N1CCc2cc(OC)c(OC)cc2[C@H]1CNC(=S)NC1CC1. The molecule has 1 atom stereocenters. The fraction of sp³-hybridized carbons (Fsp3) is 0.579. The van der Waals surface area contributed by atoms with Crippen molar-refractivity contribution in [2.75, 3.05) is 33.9 Å². The van der Waals surface area contributed by atoms with E-state index < -0.39 is 0 Å². The predicted octanol–water partition coefficient (Wildman–Crippen LogP) is 2.12. The number of nitrogens with zero attached hydrogens (tertiary/aromatic N) is 1. The summed E-state index contributed by atoms with van der Waals surface area (Å²) in [6.07, 6.45) is 3.30. The highest BCUT2D eigenvalue weighted by Crippen LogP contribution is 2.38. The van der Waals surface area contributed by atoms with Gasteiger partial charge in [0.25, 0.3) is 0 Å². The topological polar surface area (TPSA) is 57.8 Å². The van der Waals surface area contributed by atoms with E-state index >= 15 is 0 Å². The molecule has 1 aromatic rings. The lowest BCUT2D eigenvalue weighted by atomic mass is 9.92. The molecule has 2 aliphatic rings. The fourth-order valence-electron chi connectivity index (χ4n) is 3.40. The van der Waals surface area contributed by atoms with Crippen LogP contribution in [0.4, 0.5) is 0 Å². The van der Waals surface area contributed by atoms with Gasteiger partial charge in [0, 0.05) is 25.7 Å². The van der Waals surface area contributed by atoms with Crippen LogP contribution in [0.1, 0.15) is 36.9 Å². The van der Waals surface area contributed by atoms with Crippen LogP contribution in [0.2, 0.25) is 0 Å². The van der Waals surface area contributed by atoms with E-state index in [4.69, 9.17) is 33.9 Å². The normalized spacial score (nSPS) is 18.3. The van der Waals surface area contributed by atoms with E-state index in [9.17, 15) is 0 Å². The number of hydrogen-bond donors (Lipinski definition) is 3. The van der Waals surface area contributed by atoms with Crippen molar-refractivity contribution in [2.45, 2.75) is 38.3 Å². The molecule has 1 saturated carbocycles. The Morgan fingerprint density at radius 1 is 1.15 bits per heavy atom.